The van der Waals surface area contributed by atoms with Crippen LogP contribution in [0, 0.1) is 0 Å². The van der Waals surface area contributed by atoms with Crippen molar-refractivity contribution in [2.75, 3.05) is 6.61 Å². The third-order valence-corrected chi connectivity index (χ3v) is 4.21. The van der Waals surface area contributed by atoms with Gasteiger partial charge >= 0.3 is 5.97 Å². The summed E-state index contributed by atoms with van der Waals surface area (Å²) in [6, 6.07) is 5.55. The minimum atomic E-state index is -1.22. The van der Waals surface area contributed by atoms with Crippen LogP contribution in [0.15, 0.2) is 41.1 Å². The molecule has 0 spiro atoms. The van der Waals surface area contributed by atoms with Crippen molar-refractivity contribution in [3.05, 3.63) is 51.8 Å². The van der Waals surface area contributed by atoms with E-state index in [0.717, 1.165) is 4.47 Å². The number of fused-ring (bicyclic) bond motifs is 1. The summed E-state index contributed by atoms with van der Waals surface area (Å²) in [5, 5.41) is 5.46. The molecule has 0 unspecified atom stereocenters. The second kappa shape index (κ2) is 6.78. The van der Waals surface area contributed by atoms with Crippen LogP contribution < -0.4 is 0 Å². The average molecular weight is 411 g/mol. The van der Waals surface area contributed by atoms with Crippen molar-refractivity contribution < 1.29 is 14.3 Å². The Morgan fingerprint density at radius 2 is 2.25 bits per heavy atom. The highest BCUT2D eigenvalue weighted by Gasteiger charge is 2.32. The van der Waals surface area contributed by atoms with Crippen LogP contribution in [-0.2, 0) is 9.53 Å². The molecule has 24 heavy (non-hydrogen) atoms. The lowest BCUT2D eigenvalue weighted by molar-refractivity contribution is -0.145. The molecule has 0 aliphatic rings. The minimum Gasteiger partial charge on any atom is -0.464 e. The number of hydrogen-bond donors (Lipinski definition) is 1. The zero-order valence-electron chi connectivity index (χ0n) is 12.6. The number of carbonyl (C=O) groups is 2. The van der Waals surface area contributed by atoms with Crippen LogP contribution in [0.4, 0.5) is 0 Å². The molecule has 2 heterocycles. The van der Waals surface area contributed by atoms with Crippen molar-refractivity contribution in [2.24, 2.45) is 0 Å². The number of Topliss-reactive ketones (excluding diaryl/α,β-unsaturated/α-hetero) is 1. The second-order valence-corrected chi connectivity index (χ2v) is 6.36. The summed E-state index contributed by atoms with van der Waals surface area (Å²) in [7, 11) is 0. The number of ketones is 1. The molecule has 0 saturated heterocycles. The minimum absolute atomic E-state index is 0.167. The standard InChI is InChI=1S/C16H13BrClN3O3/c1-2-24-16(23)14(15(22)12-4-3-5-19-12)21-8-10-11(18)6-9(17)7-13(10)20-21/h3-8,14,19H,2H2,1H3/t14-/m0/s1. The number of nitrogens with one attached hydrogen (secondary N) is 1. The molecule has 3 aromatic rings. The van der Waals surface area contributed by atoms with Gasteiger partial charge in [0, 0.05) is 22.3 Å². The van der Waals surface area contributed by atoms with E-state index in [4.69, 9.17) is 16.3 Å². The van der Waals surface area contributed by atoms with Crippen molar-refractivity contribution >= 4 is 50.2 Å². The number of hydrogen-bond acceptors (Lipinski definition) is 4. The molecule has 124 valence electrons. The molecule has 2 aromatic heterocycles. The van der Waals surface area contributed by atoms with Gasteiger partial charge in [-0.25, -0.2) is 9.48 Å². The fraction of sp³-hybridized carbons (Fsp3) is 0.188. The predicted molar refractivity (Wildman–Crippen MR) is 93.2 cm³/mol. The van der Waals surface area contributed by atoms with Crippen molar-refractivity contribution in [3.8, 4) is 0 Å². The van der Waals surface area contributed by atoms with E-state index in [9.17, 15) is 9.59 Å². The maximum atomic E-state index is 12.7. The maximum Gasteiger partial charge on any atom is 0.339 e. The lowest BCUT2D eigenvalue weighted by atomic mass is 10.1. The Morgan fingerprint density at radius 3 is 2.92 bits per heavy atom. The molecular formula is C16H13BrClN3O3. The Balaban J connectivity index is 2.10. The maximum absolute atomic E-state index is 12.7. The third kappa shape index (κ3) is 3.09. The summed E-state index contributed by atoms with van der Waals surface area (Å²) in [6.45, 7) is 1.85. The van der Waals surface area contributed by atoms with E-state index in [0.29, 0.717) is 21.6 Å². The summed E-state index contributed by atoms with van der Waals surface area (Å²) >= 11 is 9.56. The molecule has 0 aliphatic heterocycles. The summed E-state index contributed by atoms with van der Waals surface area (Å²) < 4.78 is 7.10. The van der Waals surface area contributed by atoms with E-state index in [-0.39, 0.29) is 6.61 Å². The first kappa shape index (κ1) is 16.7. The number of rotatable bonds is 5. The Kier molecular flexibility index (Phi) is 4.73. The van der Waals surface area contributed by atoms with Gasteiger partial charge in [0.25, 0.3) is 0 Å². The molecule has 0 bridgehead atoms. The quantitative estimate of drug-likeness (QED) is 0.395. The smallest absolute Gasteiger partial charge is 0.339 e. The van der Waals surface area contributed by atoms with Crippen LogP contribution in [0.2, 0.25) is 5.02 Å². The number of carbonyl (C=O) groups excluding carboxylic acids is 2. The van der Waals surface area contributed by atoms with Crippen molar-refractivity contribution in [3.63, 3.8) is 0 Å². The SMILES string of the molecule is CCOC(=O)[C@H](C(=O)c1ccc[nH]1)n1cc2c(Cl)cc(Br)cc2n1. The van der Waals surface area contributed by atoms with E-state index in [1.54, 1.807) is 43.6 Å². The highest BCUT2D eigenvalue weighted by atomic mass is 79.9. The molecule has 3 rings (SSSR count). The number of aromatic amines is 1. The van der Waals surface area contributed by atoms with Gasteiger partial charge in [-0.1, -0.05) is 27.5 Å². The van der Waals surface area contributed by atoms with Gasteiger partial charge in [0.15, 0.2) is 0 Å². The van der Waals surface area contributed by atoms with Gasteiger partial charge in [0.2, 0.25) is 11.8 Å². The van der Waals surface area contributed by atoms with Crippen LogP contribution in [0.1, 0.15) is 23.5 Å². The Labute approximate surface area is 150 Å². The summed E-state index contributed by atoms with van der Waals surface area (Å²) in [4.78, 5) is 27.9. The fourth-order valence-electron chi connectivity index (χ4n) is 2.39. The third-order valence-electron chi connectivity index (χ3n) is 3.44. The van der Waals surface area contributed by atoms with Crippen molar-refractivity contribution in [1.29, 1.82) is 0 Å². The van der Waals surface area contributed by atoms with Gasteiger partial charge in [-0.05, 0) is 31.2 Å². The number of esters is 1. The van der Waals surface area contributed by atoms with E-state index in [1.807, 2.05) is 0 Å². The summed E-state index contributed by atoms with van der Waals surface area (Å²) in [5.74, 6) is -1.10. The number of nitrogens with zero attached hydrogens (tertiary/aromatic N) is 2. The molecule has 0 radical (unpaired) electrons. The number of H-pyrrole nitrogens is 1. The van der Waals surface area contributed by atoms with Gasteiger partial charge in [0.05, 0.1) is 22.8 Å². The molecule has 1 atom stereocenters. The van der Waals surface area contributed by atoms with Crippen molar-refractivity contribution in [2.45, 2.75) is 13.0 Å². The highest BCUT2D eigenvalue weighted by Crippen LogP contribution is 2.29. The van der Waals surface area contributed by atoms with Gasteiger partial charge in [-0.15, -0.1) is 0 Å². The molecule has 0 saturated carbocycles. The van der Waals surface area contributed by atoms with E-state index >= 15 is 0 Å². The first-order valence-electron chi connectivity index (χ1n) is 7.19. The largest absolute Gasteiger partial charge is 0.464 e. The zero-order valence-corrected chi connectivity index (χ0v) is 15.0. The van der Waals surface area contributed by atoms with E-state index in [1.165, 1.54) is 4.68 Å². The van der Waals surface area contributed by atoms with E-state index < -0.39 is 17.8 Å². The topological polar surface area (TPSA) is 77.0 Å². The number of ether oxygens (including phenoxy) is 1. The van der Waals surface area contributed by atoms with Crippen LogP contribution in [0.25, 0.3) is 10.9 Å². The molecule has 1 N–H and O–H groups in total. The molecule has 1 aromatic carbocycles. The van der Waals surface area contributed by atoms with Crippen LogP contribution >= 0.6 is 27.5 Å². The van der Waals surface area contributed by atoms with Crippen LogP contribution in [0.5, 0.6) is 0 Å². The predicted octanol–water partition coefficient (Wildman–Crippen LogP) is 3.77. The molecule has 8 heteroatoms. The fourth-order valence-corrected chi connectivity index (χ4v) is 3.23. The first-order chi connectivity index (χ1) is 11.5. The van der Waals surface area contributed by atoms with Crippen LogP contribution in [0.3, 0.4) is 0 Å². The monoisotopic (exact) mass is 409 g/mol. The van der Waals surface area contributed by atoms with Gasteiger partial charge < -0.3 is 9.72 Å². The van der Waals surface area contributed by atoms with Gasteiger partial charge in [0.1, 0.15) is 0 Å². The molecule has 0 amide bonds. The first-order valence-corrected chi connectivity index (χ1v) is 8.36. The Bertz CT molecular complexity index is 905. The van der Waals surface area contributed by atoms with E-state index in [2.05, 4.69) is 26.0 Å². The lowest BCUT2D eigenvalue weighted by Crippen LogP contribution is -2.30. The van der Waals surface area contributed by atoms with Gasteiger partial charge in [-0.3, -0.25) is 4.79 Å². The number of aromatic nitrogens is 3. The molecular weight excluding hydrogens is 398 g/mol. The molecule has 6 nitrogen and oxygen atoms in total. The number of benzene rings is 1. The van der Waals surface area contributed by atoms with Crippen LogP contribution in [-0.4, -0.2) is 33.1 Å². The summed E-state index contributed by atoms with van der Waals surface area (Å²) in [6.07, 6.45) is 3.19. The lowest BCUT2D eigenvalue weighted by Gasteiger charge is -2.14. The second-order valence-electron chi connectivity index (χ2n) is 5.03. The summed E-state index contributed by atoms with van der Waals surface area (Å²) in [5.41, 5.74) is 0.878. The number of halogens is 2. The normalized spacial score (nSPS) is 12.3. The van der Waals surface area contributed by atoms with Gasteiger partial charge in [-0.2, -0.15) is 5.10 Å². The average Bonchev–Trinajstić information content (AvgIpc) is 3.16. The highest BCUT2D eigenvalue weighted by molar-refractivity contribution is 9.10. The molecule has 0 fully saturated rings. The Hall–Kier alpha value is -2.12. The van der Waals surface area contributed by atoms with Crippen molar-refractivity contribution in [1.82, 2.24) is 14.8 Å². The zero-order chi connectivity index (χ0) is 17.3. The molecule has 0 aliphatic carbocycles. The Morgan fingerprint density at radius 1 is 1.46 bits per heavy atom.